The molecule has 24 heavy (non-hydrogen) atoms. The highest BCUT2D eigenvalue weighted by Crippen LogP contribution is 2.22. The molecule has 0 amide bonds. The van der Waals surface area contributed by atoms with Crippen LogP contribution in [0.15, 0.2) is 52.9 Å². The molecule has 0 aliphatic carbocycles. The van der Waals surface area contributed by atoms with Crippen LogP contribution in [0.25, 0.3) is 11.1 Å². The molecule has 0 saturated heterocycles. The van der Waals surface area contributed by atoms with E-state index in [1.165, 1.54) is 0 Å². The summed E-state index contributed by atoms with van der Waals surface area (Å²) in [6, 6.07) is 15.5. The zero-order chi connectivity index (χ0) is 16.9. The van der Waals surface area contributed by atoms with Crippen LogP contribution in [0.1, 0.15) is 34.6 Å². The van der Waals surface area contributed by atoms with Crippen molar-refractivity contribution < 1.29 is 13.9 Å². The number of hydrogen-bond donors (Lipinski definition) is 0. The van der Waals surface area contributed by atoms with Gasteiger partial charge in [-0.25, -0.2) is 4.79 Å². The van der Waals surface area contributed by atoms with Crippen molar-refractivity contribution in [2.45, 2.75) is 20.3 Å². The molecule has 0 aliphatic heterocycles. The average Bonchev–Trinajstić information content (AvgIpc) is 3.01. The van der Waals surface area contributed by atoms with Crippen LogP contribution in [-0.4, -0.2) is 22.8 Å². The maximum atomic E-state index is 11.8. The third-order valence-corrected chi connectivity index (χ3v) is 3.58. The molecule has 1 heterocycles. The van der Waals surface area contributed by atoms with E-state index in [4.69, 9.17) is 9.15 Å². The van der Waals surface area contributed by atoms with Crippen LogP contribution in [0.2, 0.25) is 0 Å². The van der Waals surface area contributed by atoms with Crippen molar-refractivity contribution in [2.75, 3.05) is 6.61 Å². The Morgan fingerprint density at radius 3 is 2.54 bits per heavy atom. The molecule has 0 fully saturated rings. The maximum Gasteiger partial charge on any atom is 0.338 e. The van der Waals surface area contributed by atoms with Gasteiger partial charge < -0.3 is 9.15 Å². The molecule has 0 saturated carbocycles. The van der Waals surface area contributed by atoms with Crippen molar-refractivity contribution in [3.8, 4) is 11.1 Å². The third-order valence-electron chi connectivity index (χ3n) is 3.58. The van der Waals surface area contributed by atoms with Gasteiger partial charge in [-0.1, -0.05) is 36.4 Å². The molecule has 0 radical (unpaired) electrons. The summed E-state index contributed by atoms with van der Waals surface area (Å²) >= 11 is 0. The van der Waals surface area contributed by atoms with Crippen LogP contribution < -0.4 is 0 Å². The average molecular weight is 322 g/mol. The largest absolute Gasteiger partial charge is 0.462 e. The molecule has 2 aromatic carbocycles. The lowest BCUT2D eigenvalue weighted by molar-refractivity contribution is 0.0526. The van der Waals surface area contributed by atoms with Crippen molar-refractivity contribution in [3.63, 3.8) is 0 Å². The molecule has 0 aliphatic rings. The first kappa shape index (κ1) is 15.9. The summed E-state index contributed by atoms with van der Waals surface area (Å²) in [7, 11) is 0. The topological polar surface area (TPSA) is 65.2 Å². The summed E-state index contributed by atoms with van der Waals surface area (Å²) in [5.41, 5.74) is 3.65. The molecule has 1 aromatic heterocycles. The van der Waals surface area contributed by atoms with E-state index in [1.54, 1.807) is 19.9 Å². The first-order valence-electron chi connectivity index (χ1n) is 7.81. The number of aryl methyl sites for hydroxylation is 1. The Balaban J connectivity index is 1.78. The van der Waals surface area contributed by atoms with Gasteiger partial charge in [0.2, 0.25) is 11.8 Å². The lowest BCUT2D eigenvalue weighted by Crippen LogP contribution is -2.04. The molecule has 0 bridgehead atoms. The van der Waals surface area contributed by atoms with Crippen molar-refractivity contribution in [3.05, 3.63) is 71.4 Å². The monoisotopic (exact) mass is 322 g/mol. The predicted octanol–water partition coefficient (Wildman–Crippen LogP) is 3.81. The minimum atomic E-state index is -0.303. The summed E-state index contributed by atoms with van der Waals surface area (Å²) in [6.45, 7) is 3.94. The maximum absolute atomic E-state index is 11.8. The molecular weight excluding hydrogens is 304 g/mol. The number of nitrogens with zero attached hydrogens (tertiary/aromatic N) is 2. The van der Waals surface area contributed by atoms with Gasteiger partial charge in [0.15, 0.2) is 0 Å². The van der Waals surface area contributed by atoms with E-state index in [9.17, 15) is 4.79 Å². The molecule has 0 N–H and O–H groups in total. The van der Waals surface area contributed by atoms with Crippen molar-refractivity contribution in [1.29, 1.82) is 0 Å². The van der Waals surface area contributed by atoms with Crippen LogP contribution in [0.3, 0.4) is 0 Å². The van der Waals surface area contributed by atoms with Crippen molar-refractivity contribution in [2.24, 2.45) is 0 Å². The molecule has 3 rings (SSSR count). The minimum absolute atomic E-state index is 0.303. The van der Waals surface area contributed by atoms with Crippen LogP contribution in [-0.2, 0) is 11.2 Å². The first-order chi connectivity index (χ1) is 11.7. The highest BCUT2D eigenvalue weighted by Gasteiger charge is 2.08. The van der Waals surface area contributed by atoms with Crippen LogP contribution in [0, 0.1) is 6.92 Å². The lowest BCUT2D eigenvalue weighted by Gasteiger charge is -2.06. The van der Waals surface area contributed by atoms with E-state index >= 15 is 0 Å². The van der Waals surface area contributed by atoms with Crippen LogP contribution >= 0.6 is 0 Å². The van der Waals surface area contributed by atoms with E-state index < -0.39 is 0 Å². The molecule has 5 heteroatoms. The highest BCUT2D eigenvalue weighted by atomic mass is 16.5. The Morgan fingerprint density at radius 2 is 1.88 bits per heavy atom. The SMILES string of the molecule is CCOC(=O)c1cccc(-c2ccc(Cc3nnc(C)o3)cc2)c1. The summed E-state index contributed by atoms with van der Waals surface area (Å²) in [6.07, 6.45) is 0.601. The lowest BCUT2D eigenvalue weighted by atomic mass is 10.0. The van der Waals surface area contributed by atoms with Gasteiger partial charge in [-0.3, -0.25) is 0 Å². The van der Waals surface area contributed by atoms with E-state index in [-0.39, 0.29) is 5.97 Å². The third kappa shape index (κ3) is 3.68. The second-order valence-electron chi connectivity index (χ2n) is 5.39. The first-order valence-corrected chi connectivity index (χ1v) is 7.81. The second kappa shape index (κ2) is 7.08. The zero-order valence-corrected chi connectivity index (χ0v) is 13.7. The fourth-order valence-corrected chi connectivity index (χ4v) is 2.44. The van der Waals surface area contributed by atoms with Gasteiger partial charge in [0.1, 0.15) is 0 Å². The molecule has 3 aromatic rings. The number of esters is 1. The van der Waals surface area contributed by atoms with Gasteiger partial charge in [-0.05, 0) is 35.7 Å². The molecule has 122 valence electrons. The Labute approximate surface area is 140 Å². The van der Waals surface area contributed by atoms with Crippen LogP contribution in [0.4, 0.5) is 0 Å². The second-order valence-corrected chi connectivity index (χ2v) is 5.39. The quantitative estimate of drug-likeness (QED) is 0.668. The number of aromatic nitrogens is 2. The standard InChI is InChI=1S/C19H18N2O3/c1-3-23-19(22)17-6-4-5-16(12-17)15-9-7-14(8-10-15)11-18-21-20-13(2)24-18/h4-10,12H,3,11H2,1-2H3. The van der Waals surface area contributed by atoms with Crippen LogP contribution in [0.5, 0.6) is 0 Å². The number of carbonyl (C=O) groups is 1. The van der Waals surface area contributed by atoms with E-state index in [0.717, 1.165) is 16.7 Å². The number of carbonyl (C=O) groups excluding carboxylic acids is 1. The van der Waals surface area contributed by atoms with Gasteiger partial charge in [-0.2, -0.15) is 0 Å². The van der Waals surface area contributed by atoms with Gasteiger partial charge in [-0.15, -0.1) is 10.2 Å². The Kier molecular flexibility index (Phi) is 4.70. The predicted molar refractivity (Wildman–Crippen MR) is 89.7 cm³/mol. The Bertz CT molecular complexity index is 838. The molecular formula is C19H18N2O3. The number of hydrogen-bond acceptors (Lipinski definition) is 5. The van der Waals surface area contributed by atoms with E-state index in [0.29, 0.717) is 30.4 Å². The van der Waals surface area contributed by atoms with Crippen molar-refractivity contribution in [1.82, 2.24) is 10.2 Å². The fraction of sp³-hybridized carbons (Fsp3) is 0.211. The van der Waals surface area contributed by atoms with Crippen molar-refractivity contribution >= 4 is 5.97 Å². The smallest absolute Gasteiger partial charge is 0.338 e. The summed E-state index contributed by atoms with van der Waals surface area (Å²) < 4.78 is 10.4. The minimum Gasteiger partial charge on any atom is -0.462 e. The van der Waals surface area contributed by atoms with Gasteiger partial charge in [0.25, 0.3) is 0 Å². The summed E-state index contributed by atoms with van der Waals surface area (Å²) in [5, 5.41) is 7.83. The van der Waals surface area contributed by atoms with Gasteiger partial charge >= 0.3 is 5.97 Å². The van der Waals surface area contributed by atoms with Gasteiger partial charge in [0, 0.05) is 6.92 Å². The highest BCUT2D eigenvalue weighted by molar-refractivity contribution is 5.91. The normalized spacial score (nSPS) is 10.6. The number of rotatable bonds is 5. The zero-order valence-electron chi connectivity index (χ0n) is 13.7. The molecule has 0 spiro atoms. The Hall–Kier alpha value is -2.95. The Morgan fingerprint density at radius 1 is 1.08 bits per heavy atom. The number of ether oxygens (including phenoxy) is 1. The van der Waals surface area contributed by atoms with E-state index in [1.807, 2.05) is 42.5 Å². The molecule has 0 atom stereocenters. The summed E-state index contributed by atoms with van der Waals surface area (Å²) in [5.74, 6) is 0.865. The molecule has 0 unspecified atom stereocenters. The summed E-state index contributed by atoms with van der Waals surface area (Å²) in [4.78, 5) is 11.8. The molecule has 5 nitrogen and oxygen atoms in total. The van der Waals surface area contributed by atoms with E-state index in [2.05, 4.69) is 10.2 Å². The number of benzene rings is 2. The fourth-order valence-electron chi connectivity index (χ4n) is 2.44. The van der Waals surface area contributed by atoms with Gasteiger partial charge in [0.05, 0.1) is 18.6 Å².